The smallest absolute Gasteiger partial charge is 0.212 e. The molecule has 1 N–H and O–H groups in total. The van der Waals surface area contributed by atoms with Gasteiger partial charge in [-0.05, 0) is 38.0 Å². The third-order valence-electron chi connectivity index (χ3n) is 7.37. The van der Waals surface area contributed by atoms with E-state index in [9.17, 15) is 10.4 Å². The lowest BCUT2D eigenvalue weighted by molar-refractivity contribution is -0.00876. The second-order valence-electron chi connectivity index (χ2n) is 10.9. The fraction of sp³-hybridized carbons (Fsp3) is 0.379. The van der Waals surface area contributed by atoms with Crippen molar-refractivity contribution in [1.82, 2.24) is 24.3 Å². The number of piperidine rings is 1. The molecule has 3 aliphatic rings. The summed E-state index contributed by atoms with van der Waals surface area (Å²) in [5, 5.41) is 19.7. The number of rotatable bonds is 8. The highest BCUT2D eigenvalue weighted by Crippen LogP contribution is 2.36. The van der Waals surface area contributed by atoms with Crippen molar-refractivity contribution in [1.29, 1.82) is 5.26 Å². The minimum absolute atomic E-state index is 0.134. The van der Waals surface area contributed by atoms with E-state index in [4.69, 9.17) is 14.5 Å². The van der Waals surface area contributed by atoms with Gasteiger partial charge in [0.1, 0.15) is 35.6 Å². The molecule has 0 aromatic carbocycles. The molecule has 3 fully saturated rings. The van der Waals surface area contributed by atoms with Crippen molar-refractivity contribution in [3.8, 4) is 29.0 Å². The summed E-state index contributed by atoms with van der Waals surface area (Å²) in [7, 11) is 1.63. The summed E-state index contributed by atoms with van der Waals surface area (Å²) in [6.07, 6.45) is 6.48. The summed E-state index contributed by atoms with van der Waals surface area (Å²) < 4.78 is 12.8. The lowest BCUT2D eigenvalue weighted by Crippen LogP contribution is -2.68. The lowest BCUT2D eigenvalue weighted by atomic mass is 9.87. The number of methoxy groups -OCH3 is 1. The maximum absolute atomic E-state index is 10.1. The Morgan fingerprint density at radius 3 is 2.51 bits per heavy atom. The third-order valence-corrected chi connectivity index (χ3v) is 7.37. The first-order valence-corrected chi connectivity index (χ1v) is 13.0. The molecule has 39 heavy (non-hydrogen) atoms. The van der Waals surface area contributed by atoms with Crippen LogP contribution in [-0.2, 0) is 6.54 Å². The van der Waals surface area contributed by atoms with Gasteiger partial charge in [-0.15, -0.1) is 0 Å². The topological polar surface area (TPSA) is 112 Å². The standard InChI is InChI=1S/C29H31N7O3/c1-29(2,37)18-39-24-9-25(36-23(11-30)14-32-27(36)10-24)20-5-6-26(31-13-20)34-16-21-8-22(17-34)35(21)15-19-4-7-28(38-3)33-12-19/h4-7,9-10,12-14,21-22,37H,8,15-18H2,1-3H3. The number of piperazine rings is 1. The maximum atomic E-state index is 10.1. The summed E-state index contributed by atoms with van der Waals surface area (Å²) >= 11 is 0. The third kappa shape index (κ3) is 4.99. The molecule has 2 bridgehead atoms. The predicted octanol–water partition coefficient (Wildman–Crippen LogP) is 3.28. The zero-order valence-corrected chi connectivity index (χ0v) is 22.3. The van der Waals surface area contributed by atoms with E-state index < -0.39 is 5.60 Å². The van der Waals surface area contributed by atoms with Gasteiger partial charge in [0.25, 0.3) is 0 Å². The van der Waals surface area contributed by atoms with Crippen molar-refractivity contribution < 1.29 is 14.6 Å². The predicted molar refractivity (Wildman–Crippen MR) is 146 cm³/mol. The number of pyridine rings is 3. The number of aromatic nitrogens is 4. The van der Waals surface area contributed by atoms with Crippen LogP contribution in [0.25, 0.3) is 16.9 Å². The van der Waals surface area contributed by atoms with Gasteiger partial charge >= 0.3 is 0 Å². The highest BCUT2D eigenvalue weighted by atomic mass is 16.5. The second-order valence-corrected chi connectivity index (χ2v) is 10.9. The van der Waals surface area contributed by atoms with Crippen molar-refractivity contribution >= 4 is 11.5 Å². The molecule has 3 saturated heterocycles. The molecule has 10 nitrogen and oxygen atoms in total. The van der Waals surface area contributed by atoms with Crippen LogP contribution in [0.3, 0.4) is 0 Å². The van der Waals surface area contributed by atoms with E-state index in [0.29, 0.717) is 35.1 Å². The molecule has 7 rings (SSSR count). The van der Waals surface area contributed by atoms with Crippen molar-refractivity contribution in [3.63, 3.8) is 0 Å². The Morgan fingerprint density at radius 2 is 1.87 bits per heavy atom. The van der Waals surface area contributed by atoms with Crippen molar-refractivity contribution in [3.05, 3.63) is 66.2 Å². The van der Waals surface area contributed by atoms with E-state index in [1.54, 1.807) is 37.6 Å². The molecule has 0 spiro atoms. The quantitative estimate of drug-likeness (QED) is 0.370. The molecule has 4 aromatic heterocycles. The van der Waals surface area contributed by atoms with Gasteiger partial charge in [-0.3, -0.25) is 9.30 Å². The number of fused-ring (bicyclic) bond motifs is 3. The van der Waals surface area contributed by atoms with Crippen LogP contribution in [0.15, 0.2) is 55.0 Å². The summed E-state index contributed by atoms with van der Waals surface area (Å²) in [4.78, 5) is 18.4. The Bertz CT molecular complexity index is 1510. The SMILES string of the molecule is COc1ccc(CN2C3CC2CN(c2ccc(-c4cc(OCC(C)(C)O)cc5ncc(C#N)n45)cn2)C3)cn1. The fourth-order valence-electron chi connectivity index (χ4n) is 5.42. The molecule has 7 heterocycles. The number of aliphatic hydroxyl groups is 1. The first-order valence-electron chi connectivity index (χ1n) is 13.0. The van der Waals surface area contributed by atoms with Crippen molar-refractivity contribution in [2.75, 3.05) is 31.7 Å². The minimum atomic E-state index is -0.973. The number of imidazole rings is 1. The van der Waals surface area contributed by atoms with Gasteiger partial charge in [-0.25, -0.2) is 15.0 Å². The zero-order valence-electron chi connectivity index (χ0n) is 22.3. The van der Waals surface area contributed by atoms with Crippen LogP contribution in [0, 0.1) is 11.3 Å². The van der Waals surface area contributed by atoms with Crippen LogP contribution in [-0.4, -0.2) is 73.8 Å². The molecule has 200 valence electrons. The largest absolute Gasteiger partial charge is 0.490 e. The summed E-state index contributed by atoms with van der Waals surface area (Å²) in [6.45, 7) is 6.26. The monoisotopic (exact) mass is 525 g/mol. The first kappa shape index (κ1) is 25.1. The van der Waals surface area contributed by atoms with E-state index in [1.165, 1.54) is 12.0 Å². The summed E-state index contributed by atoms with van der Waals surface area (Å²) in [5.74, 6) is 2.15. The molecule has 2 atom stereocenters. The van der Waals surface area contributed by atoms with E-state index in [0.717, 1.165) is 36.7 Å². The fourth-order valence-corrected chi connectivity index (χ4v) is 5.42. The lowest BCUT2D eigenvalue weighted by Gasteiger charge is -2.56. The number of ether oxygens (including phenoxy) is 2. The average molecular weight is 526 g/mol. The molecule has 0 radical (unpaired) electrons. The zero-order chi connectivity index (χ0) is 27.1. The van der Waals surface area contributed by atoms with E-state index in [1.807, 2.05) is 36.7 Å². The van der Waals surface area contributed by atoms with Crippen LogP contribution in [0.5, 0.6) is 11.6 Å². The normalized spacial score (nSPS) is 19.0. The summed E-state index contributed by atoms with van der Waals surface area (Å²) in [5.41, 5.74) is 2.86. The Labute approximate surface area is 227 Å². The number of anilines is 1. The molecule has 0 amide bonds. The number of nitriles is 1. The second kappa shape index (κ2) is 9.84. The number of hydrogen-bond donors (Lipinski definition) is 1. The van der Waals surface area contributed by atoms with E-state index in [2.05, 4.69) is 31.9 Å². The molecule has 0 aliphatic carbocycles. The van der Waals surface area contributed by atoms with Gasteiger partial charge in [0.15, 0.2) is 0 Å². The molecule has 2 unspecified atom stereocenters. The van der Waals surface area contributed by atoms with Crippen LogP contribution >= 0.6 is 0 Å². The van der Waals surface area contributed by atoms with Crippen LogP contribution in [0.1, 0.15) is 31.5 Å². The van der Waals surface area contributed by atoms with E-state index in [-0.39, 0.29) is 6.61 Å². The molecular formula is C29H31N7O3. The molecule has 10 heteroatoms. The van der Waals surface area contributed by atoms with Crippen molar-refractivity contribution in [2.24, 2.45) is 0 Å². The molecular weight excluding hydrogens is 494 g/mol. The Kier molecular flexibility index (Phi) is 6.33. The van der Waals surface area contributed by atoms with E-state index >= 15 is 0 Å². The van der Waals surface area contributed by atoms with Gasteiger partial charge in [-0.2, -0.15) is 5.26 Å². The van der Waals surface area contributed by atoms with Crippen LogP contribution < -0.4 is 14.4 Å². The highest BCUT2D eigenvalue weighted by Gasteiger charge is 2.44. The Hall–Kier alpha value is -4.20. The average Bonchev–Trinajstić information content (AvgIpc) is 3.37. The highest BCUT2D eigenvalue weighted by molar-refractivity contribution is 5.68. The Balaban J connectivity index is 1.19. The minimum Gasteiger partial charge on any atom is -0.490 e. The number of hydrogen-bond acceptors (Lipinski definition) is 9. The first-order chi connectivity index (χ1) is 18.8. The molecule has 4 aromatic rings. The maximum Gasteiger partial charge on any atom is 0.212 e. The molecule has 0 saturated carbocycles. The van der Waals surface area contributed by atoms with Gasteiger partial charge in [-0.1, -0.05) is 6.07 Å². The van der Waals surface area contributed by atoms with Crippen LogP contribution in [0.2, 0.25) is 0 Å². The summed E-state index contributed by atoms with van der Waals surface area (Å²) in [6, 6.07) is 14.9. The van der Waals surface area contributed by atoms with Crippen LogP contribution in [0.4, 0.5) is 5.82 Å². The van der Waals surface area contributed by atoms with Gasteiger partial charge in [0, 0.05) is 67.9 Å². The van der Waals surface area contributed by atoms with Gasteiger partial charge in [0.05, 0.1) is 24.6 Å². The van der Waals surface area contributed by atoms with Crippen molar-refractivity contribution in [2.45, 2.75) is 44.5 Å². The van der Waals surface area contributed by atoms with Gasteiger partial charge in [0.2, 0.25) is 5.88 Å². The Morgan fingerprint density at radius 1 is 1.05 bits per heavy atom. The number of nitrogens with zero attached hydrogens (tertiary/aromatic N) is 7. The molecule has 3 aliphatic heterocycles. The van der Waals surface area contributed by atoms with Gasteiger partial charge < -0.3 is 19.5 Å².